The fraction of sp³-hybridized carbons (Fsp3) is 0.200. The molecule has 0 spiro atoms. The Kier molecular flexibility index (Phi) is 2.19. The number of hydrogen-bond donors (Lipinski definition) is 4. The van der Waals surface area contributed by atoms with E-state index in [1.165, 1.54) is 17.0 Å². The van der Waals surface area contributed by atoms with Crippen molar-refractivity contribution in [3.63, 3.8) is 0 Å². The number of phenols is 2. The maximum atomic E-state index is 11.3. The number of aromatic hydroxyl groups is 2. The summed E-state index contributed by atoms with van der Waals surface area (Å²) in [6.07, 6.45) is 0. The summed E-state index contributed by atoms with van der Waals surface area (Å²) >= 11 is 0. The second-order valence-electron chi connectivity index (χ2n) is 3.61. The zero-order valence-corrected chi connectivity index (χ0v) is 8.56. The molecule has 6 heteroatoms. The number of carbonyl (C=O) groups is 1. The molecular weight excluding hydrogens is 210 g/mol. The maximum absolute atomic E-state index is 11.3. The van der Waals surface area contributed by atoms with Crippen LogP contribution in [0.3, 0.4) is 0 Å². The van der Waals surface area contributed by atoms with Crippen molar-refractivity contribution in [2.45, 2.75) is 6.04 Å². The van der Waals surface area contributed by atoms with Crippen molar-refractivity contribution in [2.24, 2.45) is 0 Å². The highest BCUT2D eigenvalue weighted by Gasteiger charge is 2.34. The summed E-state index contributed by atoms with van der Waals surface area (Å²) in [6, 6.07) is 3.33. The fourth-order valence-electron chi connectivity index (χ4n) is 1.68. The number of carbonyl (C=O) groups excluding carboxylic acids is 1. The van der Waals surface area contributed by atoms with Crippen molar-refractivity contribution >= 4 is 11.9 Å². The molecule has 16 heavy (non-hydrogen) atoms. The minimum absolute atomic E-state index is 0.0533. The molecule has 1 aliphatic rings. The quantitative estimate of drug-likeness (QED) is 0.527. The van der Waals surface area contributed by atoms with Gasteiger partial charge in [0.05, 0.1) is 0 Å². The van der Waals surface area contributed by atoms with Gasteiger partial charge < -0.3 is 15.1 Å². The van der Waals surface area contributed by atoms with Crippen LogP contribution >= 0.6 is 0 Å². The van der Waals surface area contributed by atoms with E-state index in [1.807, 2.05) is 0 Å². The Morgan fingerprint density at radius 3 is 2.56 bits per heavy atom. The minimum Gasteiger partial charge on any atom is -0.504 e. The largest absolute Gasteiger partial charge is 0.504 e. The Hall–Kier alpha value is -2.24. The molecule has 6 nitrogen and oxygen atoms in total. The second kappa shape index (κ2) is 3.41. The van der Waals surface area contributed by atoms with Gasteiger partial charge in [0.15, 0.2) is 11.5 Å². The van der Waals surface area contributed by atoms with Gasteiger partial charge in [-0.2, -0.15) is 0 Å². The smallest absolute Gasteiger partial charge is 0.323 e. The average Bonchev–Trinajstić information content (AvgIpc) is 2.47. The molecule has 1 saturated heterocycles. The molecule has 0 bridgehead atoms. The molecule has 2 rings (SSSR count). The van der Waals surface area contributed by atoms with Gasteiger partial charge in [0.25, 0.3) is 0 Å². The normalized spacial score (nSPS) is 20.1. The lowest BCUT2D eigenvalue weighted by molar-refractivity contribution is 0.217. The van der Waals surface area contributed by atoms with Crippen molar-refractivity contribution in [3.8, 4) is 11.5 Å². The molecule has 1 aliphatic heterocycles. The van der Waals surface area contributed by atoms with E-state index in [1.54, 1.807) is 13.1 Å². The highest BCUT2D eigenvalue weighted by molar-refractivity contribution is 6.05. The standard InChI is InChI=1S/C10H11N3O3/c1-13-8(9(11)12-10(13)16)5-2-3-6(14)7(15)4-5/h2-4,8,14-15H,1H3,(H2,11,12,16). The number of benzene rings is 1. The van der Waals surface area contributed by atoms with E-state index in [2.05, 4.69) is 5.32 Å². The molecule has 0 aromatic heterocycles. The second-order valence-corrected chi connectivity index (χ2v) is 3.61. The van der Waals surface area contributed by atoms with Crippen LogP contribution < -0.4 is 5.32 Å². The number of rotatable bonds is 1. The van der Waals surface area contributed by atoms with E-state index in [0.717, 1.165) is 0 Å². The van der Waals surface area contributed by atoms with Crippen LogP contribution in [-0.4, -0.2) is 34.0 Å². The van der Waals surface area contributed by atoms with Crippen molar-refractivity contribution in [1.82, 2.24) is 10.2 Å². The van der Waals surface area contributed by atoms with Crippen molar-refractivity contribution in [3.05, 3.63) is 23.8 Å². The van der Waals surface area contributed by atoms with Crippen LogP contribution in [0.5, 0.6) is 11.5 Å². The highest BCUT2D eigenvalue weighted by Crippen LogP contribution is 2.31. The zero-order chi connectivity index (χ0) is 11.9. The van der Waals surface area contributed by atoms with E-state index in [0.29, 0.717) is 5.56 Å². The number of amidine groups is 1. The van der Waals surface area contributed by atoms with Crippen LogP contribution in [0, 0.1) is 5.41 Å². The Labute approximate surface area is 91.6 Å². The first-order valence-electron chi connectivity index (χ1n) is 4.65. The van der Waals surface area contributed by atoms with Crippen LogP contribution in [0.25, 0.3) is 0 Å². The summed E-state index contributed by atoms with van der Waals surface area (Å²) in [4.78, 5) is 12.6. The summed E-state index contributed by atoms with van der Waals surface area (Å²) < 4.78 is 0. The Morgan fingerprint density at radius 1 is 1.38 bits per heavy atom. The number of nitrogens with one attached hydrogen (secondary N) is 2. The molecule has 1 aromatic carbocycles. The summed E-state index contributed by atoms with van der Waals surface area (Å²) in [5.74, 6) is -0.439. The van der Waals surface area contributed by atoms with Crippen LogP contribution in [-0.2, 0) is 0 Å². The predicted molar refractivity (Wildman–Crippen MR) is 56.5 cm³/mol. The number of urea groups is 1. The lowest BCUT2D eigenvalue weighted by Crippen LogP contribution is -2.25. The number of hydrogen-bond acceptors (Lipinski definition) is 4. The number of phenolic OH excluding ortho intramolecular Hbond substituents is 2. The lowest BCUT2D eigenvalue weighted by atomic mass is 10.1. The minimum atomic E-state index is -0.543. The molecule has 1 fully saturated rings. The Bertz CT molecular complexity index is 472. The highest BCUT2D eigenvalue weighted by atomic mass is 16.3. The van der Waals surface area contributed by atoms with Crippen molar-refractivity contribution in [1.29, 1.82) is 5.41 Å². The average molecular weight is 221 g/mol. The van der Waals surface area contributed by atoms with E-state index in [4.69, 9.17) is 5.41 Å². The van der Waals surface area contributed by atoms with Crippen molar-refractivity contribution in [2.75, 3.05) is 7.05 Å². The third-order valence-electron chi connectivity index (χ3n) is 2.54. The Morgan fingerprint density at radius 2 is 2.06 bits per heavy atom. The molecule has 0 radical (unpaired) electrons. The molecule has 0 aliphatic carbocycles. The van der Waals surface area contributed by atoms with Gasteiger partial charge in [-0.25, -0.2) is 4.79 Å². The predicted octanol–water partition coefficient (Wildman–Crippen LogP) is 0.771. The lowest BCUT2D eigenvalue weighted by Gasteiger charge is -2.18. The van der Waals surface area contributed by atoms with Gasteiger partial charge in [-0.15, -0.1) is 0 Å². The first-order chi connectivity index (χ1) is 7.50. The number of amides is 2. The van der Waals surface area contributed by atoms with Gasteiger partial charge in [0, 0.05) is 7.05 Å². The van der Waals surface area contributed by atoms with Crippen LogP contribution in [0.1, 0.15) is 11.6 Å². The molecule has 1 aromatic rings. The summed E-state index contributed by atoms with van der Waals surface area (Å²) in [7, 11) is 1.56. The fourth-order valence-corrected chi connectivity index (χ4v) is 1.68. The van der Waals surface area contributed by atoms with Crippen LogP contribution in [0.2, 0.25) is 0 Å². The van der Waals surface area contributed by atoms with E-state index in [9.17, 15) is 15.0 Å². The molecule has 2 amide bonds. The van der Waals surface area contributed by atoms with Crippen molar-refractivity contribution < 1.29 is 15.0 Å². The molecule has 4 N–H and O–H groups in total. The summed E-state index contributed by atoms with van der Waals surface area (Å²) in [5, 5.41) is 28.5. The first kappa shape index (κ1) is 10.3. The number of likely N-dealkylation sites (N-methyl/N-ethyl adjacent to an activating group) is 1. The SMILES string of the molecule is CN1C(=O)NC(=N)C1c1ccc(O)c(O)c1. The van der Waals surface area contributed by atoms with Gasteiger partial charge in [0.2, 0.25) is 0 Å². The van der Waals surface area contributed by atoms with Gasteiger partial charge >= 0.3 is 6.03 Å². The molecule has 84 valence electrons. The van der Waals surface area contributed by atoms with Crippen LogP contribution in [0.15, 0.2) is 18.2 Å². The topological polar surface area (TPSA) is 96.7 Å². The van der Waals surface area contributed by atoms with Gasteiger partial charge in [-0.05, 0) is 17.7 Å². The molecule has 1 atom stereocenters. The first-order valence-corrected chi connectivity index (χ1v) is 4.65. The third kappa shape index (κ3) is 1.44. The molecular formula is C10H11N3O3. The number of nitrogens with zero attached hydrogens (tertiary/aromatic N) is 1. The Balaban J connectivity index is 2.40. The van der Waals surface area contributed by atoms with Gasteiger partial charge in [0.1, 0.15) is 11.9 Å². The van der Waals surface area contributed by atoms with E-state index in [-0.39, 0.29) is 23.4 Å². The maximum Gasteiger partial charge on any atom is 0.323 e. The molecule has 1 unspecified atom stereocenters. The van der Waals surface area contributed by atoms with Gasteiger partial charge in [-0.1, -0.05) is 6.07 Å². The zero-order valence-electron chi connectivity index (χ0n) is 8.56. The monoisotopic (exact) mass is 221 g/mol. The molecule has 1 heterocycles. The van der Waals surface area contributed by atoms with E-state index < -0.39 is 6.04 Å². The summed E-state index contributed by atoms with van der Waals surface area (Å²) in [5.41, 5.74) is 0.571. The van der Waals surface area contributed by atoms with Gasteiger partial charge in [-0.3, -0.25) is 10.7 Å². The third-order valence-corrected chi connectivity index (χ3v) is 2.54. The summed E-state index contributed by atoms with van der Waals surface area (Å²) in [6.45, 7) is 0. The van der Waals surface area contributed by atoms with Crippen LogP contribution in [0.4, 0.5) is 4.79 Å². The van der Waals surface area contributed by atoms with E-state index >= 15 is 0 Å². The molecule has 0 saturated carbocycles.